The van der Waals surface area contributed by atoms with Crippen molar-refractivity contribution in [3.63, 3.8) is 0 Å². The Morgan fingerprint density at radius 3 is 2.87 bits per heavy atom. The number of halogens is 2. The highest BCUT2D eigenvalue weighted by molar-refractivity contribution is 9.10. The summed E-state index contributed by atoms with van der Waals surface area (Å²) in [5.74, 6) is -0.383. The average Bonchev–Trinajstić information content (AvgIpc) is 3.12. The molecule has 3 aromatic rings. The molecule has 2 aromatic heterocycles. The first-order valence-electron chi connectivity index (χ1n) is 9.12. The van der Waals surface area contributed by atoms with Crippen LogP contribution in [-0.4, -0.2) is 44.3 Å². The van der Waals surface area contributed by atoms with E-state index in [1.807, 2.05) is 6.07 Å². The SMILES string of the molecule is CN(Cc1cc(C#N)n(C)n1)C(=O)c1ccccc1C(CF)Oc1nc(Br)cnc1N. The predicted molar refractivity (Wildman–Crippen MR) is 114 cm³/mol. The Morgan fingerprint density at radius 2 is 2.19 bits per heavy atom. The van der Waals surface area contributed by atoms with Gasteiger partial charge in [0.1, 0.15) is 23.0 Å². The number of anilines is 1. The highest BCUT2D eigenvalue weighted by atomic mass is 79.9. The van der Waals surface area contributed by atoms with E-state index in [0.29, 0.717) is 21.6 Å². The largest absolute Gasteiger partial charge is 0.464 e. The van der Waals surface area contributed by atoms with Crippen molar-refractivity contribution in [2.24, 2.45) is 7.05 Å². The number of carbonyl (C=O) groups excluding carboxylic acids is 1. The molecular formula is C20H19BrFN7O2. The Morgan fingerprint density at radius 1 is 1.45 bits per heavy atom. The first-order valence-corrected chi connectivity index (χ1v) is 9.91. The van der Waals surface area contributed by atoms with Gasteiger partial charge in [0, 0.05) is 25.2 Å². The summed E-state index contributed by atoms with van der Waals surface area (Å²) in [7, 11) is 3.25. The first-order chi connectivity index (χ1) is 14.8. The summed E-state index contributed by atoms with van der Waals surface area (Å²) in [6.07, 6.45) is 0.286. The topological polar surface area (TPSA) is 123 Å². The summed E-state index contributed by atoms with van der Waals surface area (Å²) < 4.78 is 21.4. The number of amides is 1. The van der Waals surface area contributed by atoms with E-state index in [4.69, 9.17) is 15.7 Å². The molecule has 0 aliphatic carbocycles. The van der Waals surface area contributed by atoms with E-state index in [-0.39, 0.29) is 29.7 Å². The van der Waals surface area contributed by atoms with E-state index in [1.54, 1.807) is 44.4 Å². The van der Waals surface area contributed by atoms with Crippen molar-refractivity contribution >= 4 is 27.7 Å². The van der Waals surface area contributed by atoms with E-state index < -0.39 is 12.8 Å². The van der Waals surface area contributed by atoms with Crippen molar-refractivity contribution in [1.82, 2.24) is 24.6 Å². The second-order valence-electron chi connectivity index (χ2n) is 6.65. The van der Waals surface area contributed by atoms with Gasteiger partial charge in [-0.15, -0.1) is 0 Å². The number of aryl methyl sites for hydroxylation is 1. The van der Waals surface area contributed by atoms with Crippen LogP contribution in [0, 0.1) is 11.3 Å². The number of aromatic nitrogens is 4. The van der Waals surface area contributed by atoms with Crippen molar-refractivity contribution in [2.45, 2.75) is 12.6 Å². The molecule has 0 radical (unpaired) electrons. The lowest BCUT2D eigenvalue weighted by molar-refractivity contribution is 0.0775. The van der Waals surface area contributed by atoms with Crippen LogP contribution < -0.4 is 10.5 Å². The van der Waals surface area contributed by atoms with Gasteiger partial charge in [-0.05, 0) is 28.1 Å². The minimum absolute atomic E-state index is 0.00558. The van der Waals surface area contributed by atoms with E-state index in [1.165, 1.54) is 15.8 Å². The van der Waals surface area contributed by atoms with Crippen molar-refractivity contribution in [1.29, 1.82) is 5.26 Å². The molecule has 0 aliphatic heterocycles. The van der Waals surface area contributed by atoms with E-state index in [0.717, 1.165) is 0 Å². The lowest BCUT2D eigenvalue weighted by Crippen LogP contribution is -2.28. The summed E-state index contributed by atoms with van der Waals surface area (Å²) in [5.41, 5.74) is 7.34. The molecule has 11 heteroatoms. The van der Waals surface area contributed by atoms with Crippen molar-refractivity contribution in [2.75, 3.05) is 19.5 Å². The number of nitrogens with zero attached hydrogens (tertiary/aromatic N) is 6. The van der Waals surface area contributed by atoms with Gasteiger partial charge in [0.05, 0.1) is 18.4 Å². The zero-order chi connectivity index (χ0) is 22.5. The molecule has 1 atom stereocenters. The number of nitriles is 1. The van der Waals surface area contributed by atoms with Crippen LogP contribution in [-0.2, 0) is 13.6 Å². The Balaban J connectivity index is 1.86. The molecule has 2 N–H and O–H groups in total. The van der Waals surface area contributed by atoms with Crippen molar-refractivity contribution < 1.29 is 13.9 Å². The second-order valence-corrected chi connectivity index (χ2v) is 7.46. The first kappa shape index (κ1) is 22.2. The number of nitrogen functional groups attached to an aromatic ring is 1. The normalized spacial score (nSPS) is 11.6. The maximum atomic E-state index is 13.9. The number of rotatable bonds is 7. The highest BCUT2D eigenvalue weighted by Gasteiger charge is 2.24. The van der Waals surface area contributed by atoms with E-state index >= 15 is 0 Å². The van der Waals surface area contributed by atoms with Gasteiger partial charge in [-0.2, -0.15) is 10.4 Å². The smallest absolute Gasteiger partial charge is 0.259 e. The molecule has 160 valence electrons. The Bertz CT molecular complexity index is 1140. The third-order valence-electron chi connectivity index (χ3n) is 4.46. The molecule has 0 saturated carbocycles. The summed E-state index contributed by atoms with van der Waals surface area (Å²) in [5, 5.41) is 13.3. The maximum absolute atomic E-state index is 13.9. The Labute approximate surface area is 186 Å². The standard InChI is InChI=1S/C20H19BrFN7O2/c1-28(11-12-7-13(9-23)29(2)27-12)20(30)15-6-4-3-5-14(15)16(8-22)31-19-18(24)25-10-17(21)26-19/h3-7,10,16H,8,11H2,1-2H3,(H2,24,25). The van der Waals surface area contributed by atoms with E-state index in [9.17, 15) is 9.18 Å². The van der Waals surface area contributed by atoms with Gasteiger partial charge in [-0.1, -0.05) is 18.2 Å². The molecule has 0 spiro atoms. The summed E-state index contributed by atoms with van der Waals surface area (Å²) in [6.45, 7) is -0.735. The number of hydrogen-bond acceptors (Lipinski definition) is 7. The molecule has 1 amide bonds. The zero-order valence-electron chi connectivity index (χ0n) is 16.8. The predicted octanol–water partition coefficient (Wildman–Crippen LogP) is 2.79. The molecule has 31 heavy (non-hydrogen) atoms. The molecule has 0 aliphatic rings. The van der Waals surface area contributed by atoms with Gasteiger partial charge in [0.25, 0.3) is 11.8 Å². The van der Waals surface area contributed by atoms with Gasteiger partial charge in [-0.3, -0.25) is 9.48 Å². The number of ether oxygens (including phenoxy) is 1. The van der Waals surface area contributed by atoms with Crippen LogP contribution in [0.1, 0.15) is 33.4 Å². The number of benzene rings is 1. The van der Waals surface area contributed by atoms with E-state index in [2.05, 4.69) is 31.0 Å². The average molecular weight is 488 g/mol. The Kier molecular flexibility index (Phi) is 6.81. The molecule has 0 bridgehead atoms. The number of nitrogens with two attached hydrogens (primary N) is 1. The summed E-state index contributed by atoms with van der Waals surface area (Å²) in [4.78, 5) is 22.5. The fourth-order valence-corrected chi connectivity index (χ4v) is 3.23. The third-order valence-corrected chi connectivity index (χ3v) is 4.84. The van der Waals surface area contributed by atoms with Gasteiger partial charge < -0.3 is 15.4 Å². The van der Waals surface area contributed by atoms with Gasteiger partial charge >= 0.3 is 0 Å². The fourth-order valence-electron chi connectivity index (χ4n) is 2.96. The zero-order valence-corrected chi connectivity index (χ0v) is 18.4. The molecule has 1 aromatic carbocycles. The third kappa shape index (κ3) is 4.97. The number of alkyl halides is 1. The van der Waals surface area contributed by atoms with Crippen LogP contribution in [0.25, 0.3) is 0 Å². The number of hydrogen-bond donors (Lipinski definition) is 1. The van der Waals surface area contributed by atoms with Crippen LogP contribution in [0.4, 0.5) is 10.2 Å². The number of carbonyl (C=O) groups is 1. The lowest BCUT2D eigenvalue weighted by atomic mass is 10.0. The molecule has 2 heterocycles. The summed E-state index contributed by atoms with van der Waals surface area (Å²) >= 11 is 3.17. The quantitative estimate of drug-likeness (QED) is 0.543. The van der Waals surface area contributed by atoms with Crippen molar-refractivity contribution in [3.05, 3.63) is 63.6 Å². The molecule has 0 saturated heterocycles. The highest BCUT2D eigenvalue weighted by Crippen LogP contribution is 2.28. The minimum atomic E-state index is -1.11. The van der Waals surface area contributed by atoms with Crippen LogP contribution in [0.15, 0.2) is 41.1 Å². The lowest BCUT2D eigenvalue weighted by Gasteiger charge is -2.22. The molecule has 3 rings (SSSR count). The van der Waals surface area contributed by atoms with Crippen LogP contribution in [0.5, 0.6) is 5.88 Å². The molecular weight excluding hydrogens is 469 g/mol. The molecule has 0 fully saturated rings. The van der Waals surface area contributed by atoms with Gasteiger partial charge in [0.2, 0.25) is 0 Å². The fraction of sp³-hybridized carbons (Fsp3) is 0.250. The maximum Gasteiger partial charge on any atom is 0.259 e. The van der Waals surface area contributed by atoms with Gasteiger partial charge in [-0.25, -0.2) is 14.4 Å². The van der Waals surface area contributed by atoms with Gasteiger partial charge in [0.15, 0.2) is 11.9 Å². The molecule has 9 nitrogen and oxygen atoms in total. The van der Waals surface area contributed by atoms with Crippen LogP contribution in [0.2, 0.25) is 0 Å². The van der Waals surface area contributed by atoms with Crippen LogP contribution >= 0.6 is 15.9 Å². The van der Waals surface area contributed by atoms with Crippen molar-refractivity contribution in [3.8, 4) is 11.9 Å². The second kappa shape index (κ2) is 9.53. The molecule has 1 unspecified atom stereocenters. The Hall–Kier alpha value is -3.52. The summed E-state index contributed by atoms with van der Waals surface area (Å²) in [6, 6.07) is 10.2. The monoisotopic (exact) mass is 487 g/mol. The minimum Gasteiger partial charge on any atom is -0.464 e. The van der Waals surface area contributed by atoms with Crippen LogP contribution in [0.3, 0.4) is 0 Å².